The first kappa shape index (κ1) is 18.5. The van der Waals surface area contributed by atoms with Crippen LogP contribution < -0.4 is 10.1 Å². The smallest absolute Gasteiger partial charge is 0.311 e. The van der Waals surface area contributed by atoms with Gasteiger partial charge in [-0.2, -0.15) is 0 Å². The van der Waals surface area contributed by atoms with Crippen molar-refractivity contribution in [3.8, 4) is 5.75 Å². The van der Waals surface area contributed by atoms with Gasteiger partial charge in [0.1, 0.15) is 11.5 Å². The minimum absolute atomic E-state index is 0.0730. The summed E-state index contributed by atoms with van der Waals surface area (Å²) in [6.45, 7) is 5.33. The lowest BCUT2D eigenvalue weighted by molar-refractivity contribution is -0.156. The number of benzene rings is 1. The highest BCUT2D eigenvalue weighted by atomic mass is 16.5. The van der Waals surface area contributed by atoms with Crippen molar-refractivity contribution in [2.75, 3.05) is 12.4 Å². The van der Waals surface area contributed by atoms with Crippen molar-refractivity contribution >= 4 is 17.7 Å². The maximum absolute atomic E-state index is 12.3. The van der Waals surface area contributed by atoms with Gasteiger partial charge in [0, 0.05) is 6.07 Å². The molecule has 2 aromatic rings. The number of ether oxygens (including phenoxy) is 2. The molecule has 0 saturated heterocycles. The van der Waals surface area contributed by atoms with Crippen LogP contribution in [0.1, 0.15) is 25.2 Å². The normalized spacial score (nSPS) is 11.9. The molecule has 0 fully saturated rings. The molecule has 0 saturated carbocycles. The maximum atomic E-state index is 12.3. The summed E-state index contributed by atoms with van der Waals surface area (Å²) in [6, 6.07) is 8.68. The third kappa shape index (κ3) is 5.34. The second-order valence-electron chi connectivity index (χ2n) is 5.99. The molecule has 25 heavy (non-hydrogen) atoms. The van der Waals surface area contributed by atoms with Crippen molar-refractivity contribution in [2.24, 2.45) is 5.92 Å². The van der Waals surface area contributed by atoms with Crippen LogP contribution in [0.3, 0.4) is 0 Å². The summed E-state index contributed by atoms with van der Waals surface area (Å²) in [5, 5.41) is 6.29. The fourth-order valence-electron chi connectivity index (χ4n) is 2.21. The number of esters is 1. The van der Waals surface area contributed by atoms with Gasteiger partial charge < -0.3 is 19.3 Å². The highest BCUT2D eigenvalue weighted by Gasteiger charge is 2.27. The number of nitrogens with zero attached hydrogens (tertiary/aromatic N) is 1. The standard InChI is InChI=1S/C18H22N2O5/c1-11(2)17(18(22)19-15-9-12(3)25-20-15)24-16(21)10-13-5-7-14(23-4)8-6-13/h5-9,11,17H,10H2,1-4H3,(H,19,20,22)/t17-/m1/s1. The van der Waals surface area contributed by atoms with Gasteiger partial charge in [-0.1, -0.05) is 31.1 Å². The number of carbonyl (C=O) groups excluding carboxylic acids is 2. The Morgan fingerprint density at radius 1 is 1.24 bits per heavy atom. The van der Waals surface area contributed by atoms with Gasteiger partial charge in [-0.15, -0.1) is 0 Å². The van der Waals surface area contributed by atoms with Gasteiger partial charge in [-0.25, -0.2) is 0 Å². The van der Waals surface area contributed by atoms with Crippen molar-refractivity contribution in [3.05, 3.63) is 41.7 Å². The quantitative estimate of drug-likeness (QED) is 0.775. The van der Waals surface area contributed by atoms with Gasteiger partial charge in [-0.05, 0) is 30.5 Å². The number of anilines is 1. The van der Waals surface area contributed by atoms with Crippen molar-refractivity contribution in [1.82, 2.24) is 5.16 Å². The van der Waals surface area contributed by atoms with Crippen molar-refractivity contribution in [1.29, 1.82) is 0 Å². The van der Waals surface area contributed by atoms with E-state index < -0.39 is 18.0 Å². The van der Waals surface area contributed by atoms with Crippen LogP contribution in [0.25, 0.3) is 0 Å². The van der Waals surface area contributed by atoms with Crippen molar-refractivity contribution < 1.29 is 23.6 Å². The van der Waals surface area contributed by atoms with Crippen LogP contribution in [0.2, 0.25) is 0 Å². The zero-order chi connectivity index (χ0) is 18.4. The van der Waals surface area contributed by atoms with E-state index in [-0.39, 0.29) is 12.3 Å². The van der Waals surface area contributed by atoms with Crippen LogP contribution in [0.5, 0.6) is 5.75 Å². The minimum Gasteiger partial charge on any atom is -0.497 e. The van der Waals surface area contributed by atoms with Crippen LogP contribution in [0.4, 0.5) is 5.82 Å². The fraction of sp³-hybridized carbons (Fsp3) is 0.389. The molecule has 1 amide bonds. The first-order valence-corrected chi connectivity index (χ1v) is 7.95. The number of rotatable bonds is 7. The molecule has 7 heteroatoms. The van der Waals surface area contributed by atoms with Crippen molar-refractivity contribution in [3.63, 3.8) is 0 Å². The lowest BCUT2D eigenvalue weighted by Gasteiger charge is -2.20. The molecule has 1 N–H and O–H groups in total. The topological polar surface area (TPSA) is 90.7 Å². The van der Waals surface area contributed by atoms with E-state index >= 15 is 0 Å². The summed E-state index contributed by atoms with van der Waals surface area (Å²) in [5.41, 5.74) is 0.779. The molecule has 7 nitrogen and oxygen atoms in total. The number of aryl methyl sites for hydroxylation is 1. The lowest BCUT2D eigenvalue weighted by Crippen LogP contribution is -2.37. The summed E-state index contributed by atoms with van der Waals surface area (Å²) in [5.74, 6) is 0.473. The lowest BCUT2D eigenvalue weighted by atomic mass is 10.1. The summed E-state index contributed by atoms with van der Waals surface area (Å²) >= 11 is 0. The van der Waals surface area contributed by atoms with E-state index in [0.717, 1.165) is 5.56 Å². The molecular weight excluding hydrogens is 324 g/mol. The molecule has 0 radical (unpaired) electrons. The van der Waals surface area contributed by atoms with Gasteiger partial charge in [0.2, 0.25) is 0 Å². The average Bonchev–Trinajstić information content (AvgIpc) is 2.97. The molecule has 0 aliphatic carbocycles. The molecule has 0 aliphatic heterocycles. The van der Waals surface area contributed by atoms with E-state index in [1.165, 1.54) is 0 Å². The number of carbonyl (C=O) groups is 2. The molecule has 1 aromatic carbocycles. The predicted molar refractivity (Wildman–Crippen MR) is 91.3 cm³/mol. The zero-order valence-corrected chi connectivity index (χ0v) is 14.7. The molecule has 1 atom stereocenters. The van der Waals surface area contributed by atoms with Gasteiger partial charge in [0.15, 0.2) is 11.9 Å². The van der Waals surface area contributed by atoms with E-state index in [4.69, 9.17) is 14.0 Å². The van der Waals surface area contributed by atoms with Gasteiger partial charge in [0.25, 0.3) is 5.91 Å². The highest BCUT2D eigenvalue weighted by molar-refractivity contribution is 5.94. The molecule has 134 valence electrons. The van der Waals surface area contributed by atoms with Crippen LogP contribution in [-0.2, 0) is 20.7 Å². The van der Waals surface area contributed by atoms with E-state index in [9.17, 15) is 9.59 Å². The predicted octanol–water partition coefficient (Wildman–Crippen LogP) is 2.74. The monoisotopic (exact) mass is 346 g/mol. The van der Waals surface area contributed by atoms with Gasteiger partial charge in [-0.3, -0.25) is 9.59 Å². The van der Waals surface area contributed by atoms with Gasteiger partial charge >= 0.3 is 5.97 Å². The van der Waals surface area contributed by atoms with Gasteiger partial charge in [0.05, 0.1) is 13.5 Å². The van der Waals surface area contributed by atoms with E-state index in [0.29, 0.717) is 17.3 Å². The van der Waals surface area contributed by atoms with Crippen LogP contribution in [0.15, 0.2) is 34.9 Å². The number of hydrogen-bond donors (Lipinski definition) is 1. The highest BCUT2D eigenvalue weighted by Crippen LogP contribution is 2.15. The summed E-state index contributed by atoms with van der Waals surface area (Å²) in [6.07, 6.45) is -0.841. The maximum Gasteiger partial charge on any atom is 0.311 e. The molecule has 0 spiro atoms. The first-order valence-electron chi connectivity index (χ1n) is 7.95. The Bertz CT molecular complexity index is 721. The van der Waals surface area contributed by atoms with Crippen LogP contribution in [-0.4, -0.2) is 30.2 Å². The Kier molecular flexibility index (Phi) is 6.16. The summed E-state index contributed by atoms with van der Waals surface area (Å²) in [4.78, 5) is 24.5. The molecule has 0 bridgehead atoms. The molecule has 1 heterocycles. The number of nitrogens with one attached hydrogen (secondary N) is 1. The second-order valence-corrected chi connectivity index (χ2v) is 5.99. The Labute approximate surface area is 146 Å². The molecule has 2 rings (SSSR count). The number of methoxy groups -OCH3 is 1. The fourth-order valence-corrected chi connectivity index (χ4v) is 2.21. The van der Waals surface area contributed by atoms with Crippen LogP contribution >= 0.6 is 0 Å². The molecular formula is C18H22N2O5. The van der Waals surface area contributed by atoms with E-state index in [2.05, 4.69) is 10.5 Å². The van der Waals surface area contributed by atoms with E-state index in [1.54, 1.807) is 58.2 Å². The Morgan fingerprint density at radius 3 is 2.44 bits per heavy atom. The second kappa shape index (κ2) is 8.32. The SMILES string of the molecule is COc1ccc(CC(=O)O[C@@H](C(=O)Nc2cc(C)on2)C(C)C)cc1. The third-order valence-corrected chi connectivity index (χ3v) is 3.51. The Balaban J connectivity index is 1.97. The molecule has 0 unspecified atom stereocenters. The summed E-state index contributed by atoms with van der Waals surface area (Å²) in [7, 11) is 1.57. The third-order valence-electron chi connectivity index (χ3n) is 3.51. The average molecular weight is 346 g/mol. The van der Waals surface area contributed by atoms with Crippen molar-refractivity contribution in [2.45, 2.75) is 33.3 Å². The number of hydrogen-bond acceptors (Lipinski definition) is 6. The first-order chi connectivity index (χ1) is 11.9. The molecule has 1 aromatic heterocycles. The minimum atomic E-state index is -0.914. The summed E-state index contributed by atoms with van der Waals surface area (Å²) < 4.78 is 15.4. The molecule has 0 aliphatic rings. The largest absolute Gasteiger partial charge is 0.497 e. The Morgan fingerprint density at radius 2 is 1.92 bits per heavy atom. The Hall–Kier alpha value is -2.83. The number of aromatic nitrogens is 1. The number of amides is 1. The van der Waals surface area contributed by atoms with E-state index in [1.807, 2.05) is 0 Å². The van der Waals surface area contributed by atoms with Crippen LogP contribution in [0, 0.1) is 12.8 Å². The zero-order valence-electron chi connectivity index (χ0n) is 14.7.